The van der Waals surface area contributed by atoms with Gasteiger partial charge < -0.3 is 5.32 Å². The standard InChI is InChI=1S/C17H20BrNO/c18-8-10-1-3-11(4-2-10)9-19-17(20)16-14-12-5-6-13(7-12)15(14)16/h1-4,12-16H,5-9H2,(H,19,20). The molecular weight excluding hydrogens is 314 g/mol. The van der Waals surface area contributed by atoms with Gasteiger partial charge in [0.1, 0.15) is 0 Å². The van der Waals surface area contributed by atoms with Crippen LogP contribution in [0.4, 0.5) is 0 Å². The maximum atomic E-state index is 12.3. The number of carbonyl (C=O) groups excluding carboxylic acids is 1. The van der Waals surface area contributed by atoms with E-state index >= 15 is 0 Å². The zero-order chi connectivity index (χ0) is 13.7. The summed E-state index contributed by atoms with van der Waals surface area (Å²) in [5, 5.41) is 4.03. The summed E-state index contributed by atoms with van der Waals surface area (Å²) in [4.78, 5) is 12.3. The van der Waals surface area contributed by atoms with E-state index in [0.717, 1.165) is 29.0 Å². The lowest BCUT2D eigenvalue weighted by Crippen LogP contribution is -2.27. The van der Waals surface area contributed by atoms with Gasteiger partial charge in [0.05, 0.1) is 0 Å². The molecule has 0 aromatic heterocycles. The molecule has 106 valence electrons. The van der Waals surface area contributed by atoms with Gasteiger partial charge in [0.15, 0.2) is 0 Å². The van der Waals surface area contributed by atoms with Crippen molar-refractivity contribution in [3.8, 4) is 0 Å². The van der Waals surface area contributed by atoms with Gasteiger partial charge in [-0.25, -0.2) is 0 Å². The number of rotatable bonds is 4. The van der Waals surface area contributed by atoms with Crippen LogP contribution in [0.2, 0.25) is 0 Å². The van der Waals surface area contributed by atoms with Crippen LogP contribution in [-0.4, -0.2) is 5.91 Å². The molecule has 2 bridgehead atoms. The highest BCUT2D eigenvalue weighted by Crippen LogP contribution is 2.69. The summed E-state index contributed by atoms with van der Waals surface area (Å²) in [6, 6.07) is 8.44. The minimum absolute atomic E-state index is 0.307. The quantitative estimate of drug-likeness (QED) is 0.839. The number of nitrogens with one attached hydrogen (secondary N) is 1. The monoisotopic (exact) mass is 333 g/mol. The van der Waals surface area contributed by atoms with E-state index in [1.807, 2.05) is 0 Å². The van der Waals surface area contributed by atoms with Crippen molar-refractivity contribution in [2.75, 3.05) is 0 Å². The number of hydrogen-bond donors (Lipinski definition) is 1. The van der Waals surface area contributed by atoms with Crippen LogP contribution >= 0.6 is 15.9 Å². The molecule has 3 aliphatic rings. The molecule has 3 saturated carbocycles. The Morgan fingerprint density at radius 2 is 1.70 bits per heavy atom. The predicted molar refractivity (Wildman–Crippen MR) is 82.2 cm³/mol. The summed E-state index contributed by atoms with van der Waals surface area (Å²) in [5.74, 6) is 3.89. The van der Waals surface area contributed by atoms with Gasteiger partial charge in [0.2, 0.25) is 5.91 Å². The molecule has 3 fully saturated rings. The Morgan fingerprint density at radius 3 is 2.30 bits per heavy atom. The van der Waals surface area contributed by atoms with Crippen molar-refractivity contribution < 1.29 is 4.79 Å². The lowest BCUT2D eigenvalue weighted by atomic mass is 10.0. The topological polar surface area (TPSA) is 29.1 Å². The first-order chi connectivity index (χ1) is 9.78. The Morgan fingerprint density at radius 1 is 1.10 bits per heavy atom. The number of fused-ring (bicyclic) bond motifs is 5. The van der Waals surface area contributed by atoms with E-state index in [0.29, 0.717) is 18.4 Å². The Labute approximate surface area is 128 Å². The SMILES string of the molecule is O=C(NCc1ccc(CBr)cc1)C1C2C3CCC(C3)C12. The van der Waals surface area contributed by atoms with Gasteiger partial charge in [-0.15, -0.1) is 0 Å². The Balaban J connectivity index is 1.33. The Hall–Kier alpha value is -0.830. The highest BCUT2D eigenvalue weighted by Gasteiger charge is 2.67. The minimum Gasteiger partial charge on any atom is -0.352 e. The van der Waals surface area contributed by atoms with Gasteiger partial charge in [0, 0.05) is 17.8 Å². The van der Waals surface area contributed by atoms with Crippen LogP contribution in [0.1, 0.15) is 30.4 Å². The van der Waals surface area contributed by atoms with Crippen molar-refractivity contribution in [3.05, 3.63) is 35.4 Å². The zero-order valence-electron chi connectivity index (χ0n) is 11.5. The second-order valence-corrected chi connectivity index (χ2v) is 7.24. The van der Waals surface area contributed by atoms with Crippen LogP contribution in [0.3, 0.4) is 0 Å². The molecule has 0 radical (unpaired) electrons. The first-order valence-electron chi connectivity index (χ1n) is 7.69. The first kappa shape index (κ1) is 12.9. The second-order valence-electron chi connectivity index (χ2n) is 6.68. The van der Waals surface area contributed by atoms with Crippen LogP contribution in [0.25, 0.3) is 0 Å². The van der Waals surface area contributed by atoms with Gasteiger partial charge in [0.25, 0.3) is 0 Å². The summed E-state index contributed by atoms with van der Waals surface area (Å²) >= 11 is 3.45. The zero-order valence-corrected chi connectivity index (χ0v) is 13.1. The normalized spacial score (nSPS) is 36.8. The lowest BCUT2D eigenvalue weighted by Gasteiger charge is -2.10. The molecule has 4 unspecified atom stereocenters. The van der Waals surface area contributed by atoms with Crippen molar-refractivity contribution >= 4 is 21.8 Å². The number of amides is 1. The van der Waals surface area contributed by atoms with Crippen molar-refractivity contribution in [2.45, 2.75) is 31.1 Å². The van der Waals surface area contributed by atoms with Gasteiger partial charge in [-0.1, -0.05) is 40.2 Å². The van der Waals surface area contributed by atoms with Gasteiger partial charge in [-0.2, -0.15) is 0 Å². The maximum absolute atomic E-state index is 12.3. The van der Waals surface area contributed by atoms with Crippen LogP contribution < -0.4 is 5.32 Å². The van der Waals surface area contributed by atoms with Gasteiger partial charge in [-0.3, -0.25) is 4.79 Å². The molecule has 1 amide bonds. The highest BCUT2D eigenvalue weighted by atomic mass is 79.9. The number of hydrogen-bond acceptors (Lipinski definition) is 1. The number of halogens is 1. The van der Waals surface area contributed by atoms with Crippen LogP contribution in [0.15, 0.2) is 24.3 Å². The van der Waals surface area contributed by atoms with Crippen molar-refractivity contribution in [1.82, 2.24) is 5.32 Å². The Bertz CT molecular complexity index is 510. The van der Waals surface area contributed by atoms with Crippen molar-refractivity contribution in [1.29, 1.82) is 0 Å². The van der Waals surface area contributed by atoms with E-state index in [2.05, 4.69) is 45.5 Å². The third-order valence-corrected chi connectivity index (χ3v) is 6.33. The molecule has 4 rings (SSSR count). The fraction of sp³-hybridized carbons (Fsp3) is 0.588. The van der Waals surface area contributed by atoms with Crippen LogP contribution in [0, 0.1) is 29.6 Å². The number of benzene rings is 1. The fourth-order valence-corrected chi connectivity index (χ4v) is 5.10. The average Bonchev–Trinajstić information content (AvgIpc) is 2.93. The summed E-state index contributed by atoms with van der Waals surface area (Å²) in [5.41, 5.74) is 2.46. The molecule has 20 heavy (non-hydrogen) atoms. The van der Waals surface area contributed by atoms with E-state index in [1.165, 1.54) is 30.4 Å². The summed E-state index contributed by atoms with van der Waals surface area (Å²) in [7, 11) is 0. The van der Waals surface area contributed by atoms with Gasteiger partial charge in [-0.05, 0) is 54.1 Å². The summed E-state index contributed by atoms with van der Waals surface area (Å²) < 4.78 is 0. The fourth-order valence-electron chi connectivity index (χ4n) is 4.73. The van der Waals surface area contributed by atoms with Crippen LogP contribution in [0.5, 0.6) is 0 Å². The molecule has 1 aromatic rings. The van der Waals surface area contributed by atoms with Crippen LogP contribution in [-0.2, 0) is 16.7 Å². The molecule has 1 aromatic carbocycles. The molecule has 0 aliphatic heterocycles. The molecule has 0 saturated heterocycles. The summed E-state index contributed by atoms with van der Waals surface area (Å²) in [6.45, 7) is 0.673. The largest absolute Gasteiger partial charge is 0.352 e. The average molecular weight is 334 g/mol. The third-order valence-electron chi connectivity index (χ3n) is 5.68. The highest BCUT2D eigenvalue weighted by molar-refractivity contribution is 9.08. The van der Waals surface area contributed by atoms with Crippen molar-refractivity contribution in [3.63, 3.8) is 0 Å². The minimum atomic E-state index is 0.307. The Kier molecular flexibility index (Phi) is 3.13. The molecule has 0 heterocycles. The maximum Gasteiger partial charge on any atom is 0.223 e. The molecular formula is C17H20BrNO. The van der Waals surface area contributed by atoms with E-state index in [9.17, 15) is 4.79 Å². The van der Waals surface area contributed by atoms with E-state index in [-0.39, 0.29) is 0 Å². The van der Waals surface area contributed by atoms with E-state index < -0.39 is 0 Å². The van der Waals surface area contributed by atoms with Gasteiger partial charge >= 0.3 is 0 Å². The van der Waals surface area contributed by atoms with Crippen molar-refractivity contribution in [2.24, 2.45) is 29.6 Å². The lowest BCUT2D eigenvalue weighted by molar-refractivity contribution is -0.123. The number of alkyl halides is 1. The molecule has 2 nitrogen and oxygen atoms in total. The summed E-state index contributed by atoms with van der Waals surface area (Å²) in [6.07, 6.45) is 4.17. The second kappa shape index (κ2) is 4.87. The first-order valence-corrected chi connectivity index (χ1v) is 8.81. The molecule has 1 N–H and O–H groups in total. The van der Waals surface area contributed by atoms with E-state index in [1.54, 1.807) is 0 Å². The van der Waals surface area contributed by atoms with E-state index in [4.69, 9.17) is 0 Å². The molecule has 4 atom stereocenters. The number of carbonyl (C=O) groups is 1. The third kappa shape index (κ3) is 2.02. The molecule has 3 heteroatoms. The smallest absolute Gasteiger partial charge is 0.223 e. The molecule has 3 aliphatic carbocycles. The molecule has 0 spiro atoms. The predicted octanol–water partition coefficient (Wildman–Crippen LogP) is 3.49.